The van der Waals surface area contributed by atoms with Gasteiger partial charge >= 0.3 is 0 Å². The van der Waals surface area contributed by atoms with E-state index in [1.165, 1.54) is 24.5 Å². The highest BCUT2D eigenvalue weighted by atomic mass is 19.1. The summed E-state index contributed by atoms with van der Waals surface area (Å²) in [6, 6.07) is 16.1. The highest BCUT2D eigenvalue weighted by molar-refractivity contribution is 5.98. The third kappa shape index (κ3) is 13.2. The van der Waals surface area contributed by atoms with Gasteiger partial charge in [-0.15, -0.1) is 0 Å². The molecule has 258 valence electrons. The average Bonchev–Trinajstić information content (AvgIpc) is 3.06. The topological polar surface area (TPSA) is 141 Å². The first-order chi connectivity index (χ1) is 22.8. The van der Waals surface area contributed by atoms with E-state index in [9.17, 15) is 23.6 Å². The molecule has 0 bridgehead atoms. The summed E-state index contributed by atoms with van der Waals surface area (Å²) in [5.41, 5.74) is 1.87. The van der Waals surface area contributed by atoms with Crippen LogP contribution in [0.15, 0.2) is 79.1 Å². The molecule has 11 heteroatoms. The number of nitrogens with zero attached hydrogens (tertiary/aromatic N) is 1. The summed E-state index contributed by atoms with van der Waals surface area (Å²) in [5, 5.41) is 14.9. The molecule has 3 rings (SSSR count). The van der Waals surface area contributed by atoms with Gasteiger partial charge in [0.1, 0.15) is 17.9 Å². The van der Waals surface area contributed by atoms with Gasteiger partial charge in [0.2, 0.25) is 17.7 Å². The van der Waals surface area contributed by atoms with E-state index >= 15 is 0 Å². The standard InChI is InChI=1S/C37H49FN6O4/c1-6-10-31(43-36(48)32(22-37(3,4)5)44-34(46)28-17-19-39-20-18-28)35(47)42-30(21-26-11-8-7-9-12-26)24-40-25(2)33(45)41-23-27-13-15-29(38)16-14-27/h7-9,11-20,25,30-32,40H,6,10,21-24H2,1-5H3,(H,41,45)(H,42,47)(H,43,48)(H,44,46)/t25-,30?,31-,32?/m0/s1. The van der Waals surface area contributed by atoms with Gasteiger partial charge in [0.05, 0.1) is 6.04 Å². The Labute approximate surface area is 283 Å². The zero-order valence-electron chi connectivity index (χ0n) is 28.5. The largest absolute Gasteiger partial charge is 0.351 e. The van der Waals surface area contributed by atoms with Crippen molar-refractivity contribution in [1.29, 1.82) is 0 Å². The van der Waals surface area contributed by atoms with E-state index in [1.807, 2.05) is 58.0 Å². The molecule has 4 amide bonds. The predicted octanol–water partition coefficient (Wildman–Crippen LogP) is 4.06. The molecule has 5 N–H and O–H groups in total. The number of nitrogens with one attached hydrogen (secondary N) is 5. The van der Waals surface area contributed by atoms with Crippen LogP contribution >= 0.6 is 0 Å². The van der Waals surface area contributed by atoms with Crippen LogP contribution in [0.25, 0.3) is 0 Å². The summed E-state index contributed by atoms with van der Waals surface area (Å²) >= 11 is 0. The lowest BCUT2D eigenvalue weighted by atomic mass is 9.87. The number of rotatable bonds is 17. The van der Waals surface area contributed by atoms with Crippen molar-refractivity contribution in [3.05, 3.63) is 102 Å². The van der Waals surface area contributed by atoms with Crippen LogP contribution in [-0.4, -0.2) is 59.3 Å². The van der Waals surface area contributed by atoms with Crippen LogP contribution in [0.2, 0.25) is 0 Å². The van der Waals surface area contributed by atoms with E-state index in [1.54, 1.807) is 31.2 Å². The van der Waals surface area contributed by atoms with Crippen molar-refractivity contribution in [3.63, 3.8) is 0 Å². The lowest BCUT2D eigenvalue weighted by molar-refractivity contribution is -0.130. The summed E-state index contributed by atoms with van der Waals surface area (Å²) in [5.74, 6) is -1.77. The molecule has 0 aliphatic carbocycles. The van der Waals surface area contributed by atoms with Crippen molar-refractivity contribution in [2.75, 3.05) is 6.54 Å². The van der Waals surface area contributed by atoms with Crippen molar-refractivity contribution >= 4 is 23.6 Å². The quantitative estimate of drug-likeness (QED) is 0.148. The van der Waals surface area contributed by atoms with E-state index in [4.69, 9.17) is 0 Å². The van der Waals surface area contributed by atoms with E-state index in [2.05, 4.69) is 31.6 Å². The summed E-state index contributed by atoms with van der Waals surface area (Å²) in [6.45, 7) is 10.1. The molecular formula is C37H49FN6O4. The first-order valence-electron chi connectivity index (χ1n) is 16.5. The normalized spacial score (nSPS) is 13.8. The Balaban J connectivity index is 1.68. The predicted molar refractivity (Wildman–Crippen MR) is 184 cm³/mol. The second-order valence-electron chi connectivity index (χ2n) is 13.2. The molecule has 10 nitrogen and oxygen atoms in total. The van der Waals surface area contributed by atoms with Crippen molar-refractivity contribution in [1.82, 2.24) is 31.6 Å². The Morgan fingerprint density at radius 3 is 2.06 bits per heavy atom. The Kier molecular flexibility index (Phi) is 14.7. The molecule has 2 unspecified atom stereocenters. The van der Waals surface area contributed by atoms with E-state index in [-0.39, 0.29) is 36.1 Å². The molecule has 0 aliphatic heterocycles. The molecule has 0 aliphatic rings. The lowest BCUT2D eigenvalue weighted by Gasteiger charge is -2.29. The van der Waals surface area contributed by atoms with Crippen LogP contribution in [0.3, 0.4) is 0 Å². The third-order valence-electron chi connectivity index (χ3n) is 7.71. The van der Waals surface area contributed by atoms with Gasteiger partial charge in [0.15, 0.2) is 0 Å². The molecule has 1 aromatic heterocycles. The highest BCUT2D eigenvalue weighted by Gasteiger charge is 2.31. The SMILES string of the molecule is CCC[C@H](NC(=O)C(CC(C)(C)C)NC(=O)c1ccncc1)C(=O)NC(CN[C@@H](C)C(=O)NCc1ccc(F)cc1)Cc1ccccc1. The monoisotopic (exact) mass is 660 g/mol. The molecule has 3 aromatic rings. The van der Waals surface area contributed by atoms with Gasteiger partial charge in [-0.05, 0) is 67.0 Å². The molecular weight excluding hydrogens is 611 g/mol. The first kappa shape index (κ1) is 37.8. The summed E-state index contributed by atoms with van der Waals surface area (Å²) < 4.78 is 13.2. The fourth-order valence-corrected chi connectivity index (χ4v) is 5.13. The second kappa shape index (κ2) is 18.6. The van der Waals surface area contributed by atoms with E-state index < -0.39 is 36.0 Å². The Hall–Kier alpha value is -4.64. The van der Waals surface area contributed by atoms with Gasteiger partial charge in [0.25, 0.3) is 5.91 Å². The highest BCUT2D eigenvalue weighted by Crippen LogP contribution is 2.21. The molecule has 4 atom stereocenters. The number of carbonyl (C=O) groups excluding carboxylic acids is 4. The van der Waals surface area contributed by atoms with Crippen LogP contribution in [0.5, 0.6) is 0 Å². The minimum Gasteiger partial charge on any atom is -0.351 e. The van der Waals surface area contributed by atoms with Crippen LogP contribution in [0.4, 0.5) is 4.39 Å². The second-order valence-corrected chi connectivity index (χ2v) is 13.2. The van der Waals surface area contributed by atoms with Crippen LogP contribution in [0, 0.1) is 11.2 Å². The molecule has 0 saturated carbocycles. The molecule has 0 fully saturated rings. The van der Waals surface area contributed by atoms with Gasteiger partial charge in [-0.1, -0.05) is 76.6 Å². The Bertz CT molecular complexity index is 1460. The first-order valence-corrected chi connectivity index (χ1v) is 16.5. The van der Waals surface area contributed by atoms with Crippen LogP contribution in [-0.2, 0) is 27.3 Å². The Morgan fingerprint density at radius 2 is 1.44 bits per heavy atom. The number of pyridine rings is 1. The molecule has 0 radical (unpaired) electrons. The summed E-state index contributed by atoms with van der Waals surface area (Å²) in [6.07, 6.45) is 4.90. The van der Waals surface area contributed by atoms with Crippen LogP contribution < -0.4 is 26.6 Å². The number of carbonyl (C=O) groups is 4. The average molecular weight is 661 g/mol. The summed E-state index contributed by atoms with van der Waals surface area (Å²) in [4.78, 5) is 57.1. The van der Waals surface area contributed by atoms with Gasteiger partial charge in [0, 0.05) is 37.1 Å². The van der Waals surface area contributed by atoms with Crippen molar-refractivity contribution in [2.45, 2.75) is 91.0 Å². The fraction of sp³-hybridized carbons (Fsp3) is 0.432. The van der Waals surface area contributed by atoms with Gasteiger partial charge in [-0.3, -0.25) is 24.2 Å². The van der Waals surface area contributed by atoms with Crippen LogP contribution in [0.1, 0.15) is 75.4 Å². The van der Waals surface area contributed by atoms with Crippen molar-refractivity contribution in [3.8, 4) is 0 Å². The maximum atomic E-state index is 13.7. The van der Waals surface area contributed by atoms with E-state index in [0.717, 1.165) is 11.1 Å². The smallest absolute Gasteiger partial charge is 0.252 e. The molecule has 0 spiro atoms. The van der Waals surface area contributed by atoms with Gasteiger partial charge in [-0.25, -0.2) is 4.39 Å². The molecule has 1 heterocycles. The number of benzene rings is 2. The molecule has 2 aromatic carbocycles. The van der Waals surface area contributed by atoms with Gasteiger partial charge < -0.3 is 26.6 Å². The van der Waals surface area contributed by atoms with Gasteiger partial charge in [-0.2, -0.15) is 0 Å². The molecule has 48 heavy (non-hydrogen) atoms. The number of hydrogen-bond donors (Lipinski definition) is 5. The van der Waals surface area contributed by atoms with Crippen molar-refractivity contribution < 1.29 is 23.6 Å². The Morgan fingerprint density at radius 1 is 0.792 bits per heavy atom. The van der Waals surface area contributed by atoms with Crippen molar-refractivity contribution in [2.24, 2.45) is 5.41 Å². The number of aromatic nitrogens is 1. The third-order valence-corrected chi connectivity index (χ3v) is 7.71. The maximum absolute atomic E-state index is 13.7. The van der Waals surface area contributed by atoms with E-state index in [0.29, 0.717) is 31.2 Å². The lowest BCUT2D eigenvalue weighted by Crippen LogP contribution is -2.57. The maximum Gasteiger partial charge on any atom is 0.252 e. The zero-order chi connectivity index (χ0) is 35.1. The molecule has 0 saturated heterocycles. The zero-order valence-corrected chi connectivity index (χ0v) is 28.5. The minimum absolute atomic E-state index is 0.237. The minimum atomic E-state index is -0.867. The summed E-state index contributed by atoms with van der Waals surface area (Å²) in [7, 11) is 0. The number of hydrogen-bond acceptors (Lipinski definition) is 6. The fourth-order valence-electron chi connectivity index (χ4n) is 5.13. The number of halogens is 1. The number of amides is 4.